The summed E-state index contributed by atoms with van der Waals surface area (Å²) in [5, 5.41) is 10.5. The van der Waals surface area contributed by atoms with E-state index in [1.54, 1.807) is 19.1 Å². The number of hydrogen-bond acceptors (Lipinski definition) is 5. The van der Waals surface area contributed by atoms with Crippen LogP contribution in [0.3, 0.4) is 0 Å². The van der Waals surface area contributed by atoms with Crippen LogP contribution in [0.1, 0.15) is 22.3 Å². The lowest BCUT2D eigenvalue weighted by Gasteiger charge is -2.15. The van der Waals surface area contributed by atoms with E-state index >= 15 is 0 Å². The van der Waals surface area contributed by atoms with Crippen LogP contribution in [-0.2, 0) is 17.8 Å². The number of benzene rings is 2. The second kappa shape index (κ2) is 8.35. The number of carbonyl (C=O) groups excluding carboxylic acids is 1. The summed E-state index contributed by atoms with van der Waals surface area (Å²) < 4.78 is 10.6. The Labute approximate surface area is 147 Å². The van der Waals surface area contributed by atoms with Crippen molar-refractivity contribution in [3.63, 3.8) is 0 Å². The van der Waals surface area contributed by atoms with Crippen LogP contribution < -0.4 is 15.2 Å². The number of phenols is 1. The molecule has 2 aromatic rings. The summed E-state index contributed by atoms with van der Waals surface area (Å²) in [5.41, 5.74) is 9.00. The first-order chi connectivity index (χ1) is 12.0. The summed E-state index contributed by atoms with van der Waals surface area (Å²) in [5.74, 6) is 0.860. The first kappa shape index (κ1) is 18.5. The summed E-state index contributed by atoms with van der Waals surface area (Å²) >= 11 is 0. The van der Waals surface area contributed by atoms with Gasteiger partial charge in [-0.3, -0.25) is 4.79 Å². The van der Waals surface area contributed by atoms with Crippen molar-refractivity contribution in [2.75, 3.05) is 14.2 Å². The molecule has 25 heavy (non-hydrogen) atoms. The lowest BCUT2D eigenvalue weighted by atomic mass is 9.98. The third-order valence-corrected chi connectivity index (χ3v) is 4.11. The summed E-state index contributed by atoms with van der Waals surface area (Å²) in [6, 6.07) is 9.51. The van der Waals surface area contributed by atoms with Crippen molar-refractivity contribution in [1.29, 1.82) is 0 Å². The van der Waals surface area contributed by atoms with Gasteiger partial charge in [-0.1, -0.05) is 30.3 Å². The van der Waals surface area contributed by atoms with Crippen LogP contribution in [0, 0.1) is 6.92 Å². The summed E-state index contributed by atoms with van der Waals surface area (Å²) in [6.45, 7) is 2.19. The minimum Gasteiger partial charge on any atom is -0.507 e. The fraction of sp³-hybridized carbons (Fsp3) is 0.250. The standard InChI is InChI=1S/C20H23NO4/c1-13-17(24-2)10-18(25-3)19(20(13)23)16(12-22)8-7-14-5-4-6-15(9-14)11-21/h4-6,8-10,12,23H,7,11,21H2,1-3H3/b16-8-. The van der Waals surface area contributed by atoms with Gasteiger partial charge >= 0.3 is 0 Å². The molecule has 5 nitrogen and oxygen atoms in total. The van der Waals surface area contributed by atoms with Gasteiger partial charge in [0.1, 0.15) is 17.2 Å². The lowest BCUT2D eigenvalue weighted by Crippen LogP contribution is -1.99. The minimum atomic E-state index is -0.0229. The van der Waals surface area contributed by atoms with E-state index in [-0.39, 0.29) is 5.75 Å². The molecule has 0 bridgehead atoms. The minimum absolute atomic E-state index is 0.0229. The molecule has 0 saturated carbocycles. The third-order valence-electron chi connectivity index (χ3n) is 4.11. The quantitative estimate of drug-likeness (QED) is 0.598. The van der Waals surface area contributed by atoms with Crippen molar-refractivity contribution < 1.29 is 19.4 Å². The van der Waals surface area contributed by atoms with Crippen molar-refractivity contribution in [3.05, 3.63) is 58.7 Å². The molecule has 2 rings (SSSR count). The summed E-state index contributed by atoms with van der Waals surface area (Å²) in [6.07, 6.45) is 3.03. The average molecular weight is 341 g/mol. The Morgan fingerprint density at radius 1 is 1.16 bits per heavy atom. The van der Waals surface area contributed by atoms with Gasteiger partial charge in [-0.05, 0) is 24.5 Å². The van der Waals surface area contributed by atoms with Gasteiger partial charge in [-0.25, -0.2) is 0 Å². The van der Waals surface area contributed by atoms with Gasteiger partial charge < -0.3 is 20.3 Å². The van der Waals surface area contributed by atoms with Crippen LogP contribution in [0.25, 0.3) is 5.57 Å². The van der Waals surface area contributed by atoms with E-state index in [4.69, 9.17) is 15.2 Å². The molecule has 3 N–H and O–H groups in total. The van der Waals surface area contributed by atoms with Crippen molar-refractivity contribution in [2.45, 2.75) is 19.9 Å². The van der Waals surface area contributed by atoms with E-state index in [0.717, 1.165) is 17.4 Å². The number of aromatic hydroxyl groups is 1. The average Bonchev–Trinajstić information content (AvgIpc) is 2.65. The van der Waals surface area contributed by atoms with Crippen molar-refractivity contribution in [1.82, 2.24) is 0 Å². The van der Waals surface area contributed by atoms with Gasteiger partial charge in [0.25, 0.3) is 0 Å². The fourth-order valence-electron chi connectivity index (χ4n) is 2.69. The second-order valence-electron chi connectivity index (χ2n) is 5.64. The summed E-state index contributed by atoms with van der Waals surface area (Å²) in [7, 11) is 3.00. The Balaban J connectivity index is 2.46. The normalized spacial score (nSPS) is 11.3. The highest BCUT2D eigenvalue weighted by molar-refractivity contribution is 6.09. The molecular formula is C20H23NO4. The monoisotopic (exact) mass is 341 g/mol. The van der Waals surface area contributed by atoms with E-state index in [0.29, 0.717) is 41.2 Å². The number of nitrogens with two attached hydrogens (primary N) is 1. The first-order valence-corrected chi connectivity index (χ1v) is 7.93. The van der Waals surface area contributed by atoms with Gasteiger partial charge in [-0.15, -0.1) is 0 Å². The maximum absolute atomic E-state index is 11.6. The zero-order valence-corrected chi connectivity index (χ0v) is 14.7. The highest BCUT2D eigenvalue weighted by atomic mass is 16.5. The molecule has 0 spiro atoms. The van der Waals surface area contributed by atoms with Crippen LogP contribution in [0.4, 0.5) is 0 Å². The Hall–Kier alpha value is -2.79. The maximum Gasteiger partial charge on any atom is 0.150 e. The van der Waals surface area contributed by atoms with Crippen LogP contribution in [0.15, 0.2) is 36.4 Å². The number of phenolic OH excluding ortho intramolecular Hbond substituents is 1. The van der Waals surface area contributed by atoms with Crippen LogP contribution in [-0.4, -0.2) is 25.6 Å². The molecule has 0 atom stereocenters. The number of aldehydes is 1. The predicted octanol–water partition coefficient (Wildman–Crippen LogP) is 3.00. The van der Waals surface area contributed by atoms with E-state index in [1.807, 2.05) is 24.3 Å². The number of hydrogen-bond donors (Lipinski definition) is 2. The van der Waals surface area contributed by atoms with Gasteiger partial charge in [0.05, 0.1) is 19.8 Å². The molecular weight excluding hydrogens is 318 g/mol. The molecule has 0 aliphatic carbocycles. The zero-order chi connectivity index (χ0) is 18.4. The molecule has 0 aromatic heterocycles. The number of methoxy groups -OCH3 is 2. The molecule has 0 aliphatic heterocycles. The van der Waals surface area contributed by atoms with Crippen LogP contribution in [0.5, 0.6) is 17.2 Å². The predicted molar refractivity (Wildman–Crippen MR) is 98.0 cm³/mol. The van der Waals surface area contributed by atoms with E-state index in [9.17, 15) is 9.90 Å². The molecule has 0 fully saturated rings. The molecule has 5 heteroatoms. The van der Waals surface area contributed by atoms with Gasteiger partial charge in [0.15, 0.2) is 6.29 Å². The molecule has 0 radical (unpaired) electrons. The molecule has 0 saturated heterocycles. The van der Waals surface area contributed by atoms with E-state index in [1.165, 1.54) is 14.2 Å². The van der Waals surface area contributed by atoms with Crippen LogP contribution in [0.2, 0.25) is 0 Å². The number of allylic oxidation sites excluding steroid dienone is 2. The first-order valence-electron chi connectivity index (χ1n) is 7.93. The van der Waals surface area contributed by atoms with Crippen molar-refractivity contribution in [3.8, 4) is 17.2 Å². The molecule has 2 aromatic carbocycles. The Morgan fingerprint density at radius 2 is 1.84 bits per heavy atom. The fourth-order valence-corrected chi connectivity index (χ4v) is 2.69. The smallest absolute Gasteiger partial charge is 0.150 e. The third kappa shape index (κ3) is 4.00. The topological polar surface area (TPSA) is 81.8 Å². The molecule has 0 unspecified atom stereocenters. The van der Waals surface area contributed by atoms with Gasteiger partial charge in [-0.2, -0.15) is 0 Å². The number of ether oxygens (including phenoxy) is 2. The van der Waals surface area contributed by atoms with Gasteiger partial charge in [0, 0.05) is 23.7 Å². The molecule has 0 amide bonds. The largest absolute Gasteiger partial charge is 0.507 e. The van der Waals surface area contributed by atoms with E-state index < -0.39 is 0 Å². The van der Waals surface area contributed by atoms with E-state index in [2.05, 4.69) is 0 Å². The number of rotatable bonds is 7. The van der Waals surface area contributed by atoms with Gasteiger partial charge in [0.2, 0.25) is 0 Å². The highest BCUT2D eigenvalue weighted by Gasteiger charge is 2.19. The maximum atomic E-state index is 11.6. The molecule has 0 heterocycles. The molecule has 132 valence electrons. The highest BCUT2D eigenvalue weighted by Crippen LogP contribution is 2.41. The second-order valence-corrected chi connectivity index (χ2v) is 5.64. The Morgan fingerprint density at radius 3 is 2.44 bits per heavy atom. The summed E-state index contributed by atoms with van der Waals surface area (Å²) in [4.78, 5) is 11.6. The SMILES string of the molecule is COc1cc(OC)c(/C(C=O)=C\Cc2cccc(CN)c2)c(O)c1C. The van der Waals surface area contributed by atoms with Crippen molar-refractivity contribution in [2.24, 2.45) is 5.73 Å². The zero-order valence-electron chi connectivity index (χ0n) is 14.7. The Bertz CT molecular complexity index is 797. The molecule has 0 aliphatic rings. The van der Waals surface area contributed by atoms with Crippen LogP contribution >= 0.6 is 0 Å². The Kier molecular flexibility index (Phi) is 6.19. The number of carbonyl (C=O) groups is 1. The lowest BCUT2D eigenvalue weighted by molar-refractivity contribution is -0.103. The van der Waals surface area contributed by atoms with Crippen molar-refractivity contribution >= 4 is 11.9 Å².